The van der Waals surface area contributed by atoms with Gasteiger partial charge in [-0.2, -0.15) is 0 Å². The molecule has 1 aromatic rings. The van der Waals surface area contributed by atoms with Crippen molar-refractivity contribution in [3.63, 3.8) is 0 Å². The standard InChI is InChI=1S/C15H24N2O5/c1-5-15(2,3)8-9-11(19)12(20)13(22-9)17-7-6-10(18)16(4)14(17)21/h6-7,9,11-13,19-20H,5,8H2,1-4H3/t9-,11-,12-,13?/m1/s1. The van der Waals surface area contributed by atoms with Crippen molar-refractivity contribution in [3.8, 4) is 0 Å². The molecule has 2 N–H and O–H groups in total. The second-order valence-electron chi connectivity index (χ2n) is 6.67. The van der Waals surface area contributed by atoms with Gasteiger partial charge in [0.2, 0.25) is 0 Å². The van der Waals surface area contributed by atoms with E-state index in [4.69, 9.17) is 4.74 Å². The first-order valence-electron chi connectivity index (χ1n) is 7.47. The molecule has 1 unspecified atom stereocenters. The van der Waals surface area contributed by atoms with E-state index in [0.717, 1.165) is 15.6 Å². The maximum Gasteiger partial charge on any atom is 0.332 e. The van der Waals surface area contributed by atoms with Gasteiger partial charge in [0.05, 0.1) is 6.10 Å². The lowest BCUT2D eigenvalue weighted by molar-refractivity contribution is -0.0520. The van der Waals surface area contributed by atoms with Gasteiger partial charge in [0.1, 0.15) is 12.2 Å². The molecular weight excluding hydrogens is 288 g/mol. The minimum absolute atomic E-state index is 0.0469. The van der Waals surface area contributed by atoms with Crippen LogP contribution in [0.1, 0.15) is 39.8 Å². The molecule has 2 heterocycles. The Morgan fingerprint density at radius 1 is 1.27 bits per heavy atom. The van der Waals surface area contributed by atoms with Crippen LogP contribution in [0.25, 0.3) is 0 Å². The number of aliphatic hydroxyl groups excluding tert-OH is 2. The minimum atomic E-state index is -1.21. The molecule has 1 saturated heterocycles. The molecule has 1 aromatic heterocycles. The van der Waals surface area contributed by atoms with Crippen LogP contribution < -0.4 is 11.2 Å². The second-order valence-corrected chi connectivity index (χ2v) is 6.67. The van der Waals surface area contributed by atoms with Gasteiger partial charge in [-0.05, 0) is 11.8 Å². The second kappa shape index (κ2) is 5.98. The van der Waals surface area contributed by atoms with Crippen molar-refractivity contribution < 1.29 is 14.9 Å². The minimum Gasteiger partial charge on any atom is -0.388 e. The number of aromatic nitrogens is 2. The SMILES string of the molecule is CCC(C)(C)C[C@H]1OC(n2ccc(=O)n(C)c2=O)[C@H](O)[C@@H]1O. The first kappa shape index (κ1) is 16.9. The van der Waals surface area contributed by atoms with Gasteiger partial charge < -0.3 is 14.9 Å². The van der Waals surface area contributed by atoms with E-state index in [1.807, 2.05) is 6.92 Å². The topological polar surface area (TPSA) is 93.7 Å². The summed E-state index contributed by atoms with van der Waals surface area (Å²) >= 11 is 0. The quantitative estimate of drug-likeness (QED) is 0.816. The first-order chi connectivity index (χ1) is 10.2. The van der Waals surface area contributed by atoms with Crippen LogP contribution in [0.15, 0.2) is 21.9 Å². The van der Waals surface area contributed by atoms with Crippen LogP contribution in [0.4, 0.5) is 0 Å². The van der Waals surface area contributed by atoms with Crippen LogP contribution in [0.3, 0.4) is 0 Å². The van der Waals surface area contributed by atoms with Crippen molar-refractivity contribution >= 4 is 0 Å². The lowest BCUT2D eigenvalue weighted by atomic mass is 9.83. The van der Waals surface area contributed by atoms with Crippen LogP contribution in [0.2, 0.25) is 0 Å². The molecule has 0 radical (unpaired) electrons. The maximum absolute atomic E-state index is 12.1. The number of aliphatic hydroxyl groups is 2. The Hall–Kier alpha value is -1.44. The van der Waals surface area contributed by atoms with Crippen molar-refractivity contribution in [2.75, 3.05) is 0 Å². The third-order valence-electron chi connectivity index (χ3n) is 4.54. The number of nitrogens with zero attached hydrogens (tertiary/aromatic N) is 2. The highest BCUT2D eigenvalue weighted by atomic mass is 16.6. The molecule has 7 nitrogen and oxygen atoms in total. The molecule has 2 rings (SSSR count). The lowest BCUT2D eigenvalue weighted by Crippen LogP contribution is -2.41. The Morgan fingerprint density at radius 3 is 2.50 bits per heavy atom. The first-order valence-corrected chi connectivity index (χ1v) is 7.47. The molecule has 0 bridgehead atoms. The third kappa shape index (κ3) is 3.02. The van der Waals surface area contributed by atoms with Crippen LogP contribution in [-0.2, 0) is 11.8 Å². The molecule has 7 heteroatoms. The van der Waals surface area contributed by atoms with Crippen molar-refractivity contribution in [1.82, 2.24) is 9.13 Å². The molecule has 22 heavy (non-hydrogen) atoms. The highest BCUT2D eigenvalue weighted by Crippen LogP contribution is 2.36. The third-order valence-corrected chi connectivity index (χ3v) is 4.54. The molecule has 1 aliphatic heterocycles. The van der Waals surface area contributed by atoms with Crippen molar-refractivity contribution in [3.05, 3.63) is 33.1 Å². The van der Waals surface area contributed by atoms with Gasteiger partial charge in [-0.3, -0.25) is 13.9 Å². The van der Waals surface area contributed by atoms with Gasteiger partial charge in [0.25, 0.3) is 5.56 Å². The summed E-state index contributed by atoms with van der Waals surface area (Å²) in [5.41, 5.74) is -1.06. The Kier molecular flexibility index (Phi) is 4.60. The molecule has 1 fully saturated rings. The summed E-state index contributed by atoms with van der Waals surface area (Å²) in [7, 11) is 1.36. The lowest BCUT2D eigenvalue weighted by Gasteiger charge is -2.27. The zero-order valence-electron chi connectivity index (χ0n) is 13.4. The summed E-state index contributed by atoms with van der Waals surface area (Å²) in [6.07, 6.45) is -1.07. The summed E-state index contributed by atoms with van der Waals surface area (Å²) in [6, 6.07) is 1.23. The highest BCUT2D eigenvalue weighted by Gasteiger charge is 2.45. The fraction of sp³-hybridized carbons (Fsp3) is 0.733. The largest absolute Gasteiger partial charge is 0.388 e. The Morgan fingerprint density at radius 2 is 1.91 bits per heavy atom. The predicted octanol–water partition coefficient (Wildman–Crippen LogP) is -0.00750. The molecule has 0 amide bonds. The van der Waals surface area contributed by atoms with Gasteiger partial charge in [0.15, 0.2) is 6.23 Å². The van der Waals surface area contributed by atoms with E-state index in [2.05, 4.69) is 13.8 Å². The molecule has 0 aromatic carbocycles. The molecule has 1 aliphatic rings. The van der Waals surface area contributed by atoms with E-state index >= 15 is 0 Å². The predicted molar refractivity (Wildman–Crippen MR) is 80.6 cm³/mol. The van der Waals surface area contributed by atoms with Crippen LogP contribution in [0, 0.1) is 5.41 Å². The Balaban J connectivity index is 2.29. The van der Waals surface area contributed by atoms with Crippen molar-refractivity contribution in [1.29, 1.82) is 0 Å². The number of hydrogen-bond donors (Lipinski definition) is 2. The highest BCUT2D eigenvalue weighted by molar-refractivity contribution is 4.95. The fourth-order valence-electron chi connectivity index (χ4n) is 2.60. The van der Waals surface area contributed by atoms with E-state index in [0.29, 0.717) is 6.42 Å². The number of ether oxygens (including phenoxy) is 1. The summed E-state index contributed by atoms with van der Waals surface area (Å²) < 4.78 is 7.82. The average Bonchev–Trinajstić information content (AvgIpc) is 2.73. The van der Waals surface area contributed by atoms with Crippen LogP contribution in [-0.4, -0.2) is 37.7 Å². The average molecular weight is 312 g/mol. The number of hydrogen-bond acceptors (Lipinski definition) is 5. The molecule has 4 atom stereocenters. The van der Waals surface area contributed by atoms with E-state index < -0.39 is 35.8 Å². The molecule has 0 aliphatic carbocycles. The van der Waals surface area contributed by atoms with Gasteiger partial charge in [-0.25, -0.2) is 4.79 Å². The van der Waals surface area contributed by atoms with E-state index in [1.165, 1.54) is 19.3 Å². The number of rotatable bonds is 4. The summed E-state index contributed by atoms with van der Waals surface area (Å²) in [4.78, 5) is 23.6. The monoisotopic (exact) mass is 312 g/mol. The van der Waals surface area contributed by atoms with Gasteiger partial charge >= 0.3 is 5.69 Å². The Labute approximate surface area is 128 Å². The molecular formula is C15H24N2O5. The van der Waals surface area contributed by atoms with Crippen molar-refractivity contribution in [2.45, 2.75) is 58.2 Å². The van der Waals surface area contributed by atoms with E-state index in [1.54, 1.807) is 0 Å². The van der Waals surface area contributed by atoms with Gasteiger partial charge in [0, 0.05) is 19.3 Å². The van der Waals surface area contributed by atoms with Gasteiger partial charge in [-0.15, -0.1) is 0 Å². The summed E-state index contributed by atoms with van der Waals surface area (Å²) in [6.45, 7) is 6.16. The van der Waals surface area contributed by atoms with Crippen LogP contribution in [0.5, 0.6) is 0 Å². The Bertz CT molecular complexity index is 648. The van der Waals surface area contributed by atoms with Gasteiger partial charge in [-0.1, -0.05) is 27.2 Å². The normalized spacial score (nSPS) is 29.0. The smallest absolute Gasteiger partial charge is 0.332 e. The van der Waals surface area contributed by atoms with E-state index in [9.17, 15) is 19.8 Å². The zero-order chi connectivity index (χ0) is 16.7. The maximum atomic E-state index is 12.1. The van der Waals surface area contributed by atoms with Crippen molar-refractivity contribution in [2.24, 2.45) is 12.5 Å². The zero-order valence-corrected chi connectivity index (χ0v) is 13.4. The molecule has 0 saturated carbocycles. The molecule has 0 spiro atoms. The summed E-state index contributed by atoms with van der Waals surface area (Å²) in [5.74, 6) is 0. The molecule has 124 valence electrons. The van der Waals surface area contributed by atoms with Crippen LogP contribution >= 0.6 is 0 Å². The van der Waals surface area contributed by atoms with E-state index in [-0.39, 0.29) is 5.41 Å². The summed E-state index contributed by atoms with van der Waals surface area (Å²) in [5, 5.41) is 20.4. The fourth-order valence-corrected chi connectivity index (χ4v) is 2.60.